The molecular weight excluding hydrogens is 411 g/mol. The molecule has 3 N–H and O–H groups in total. The van der Waals surface area contributed by atoms with Crippen molar-refractivity contribution in [2.24, 2.45) is 16.8 Å². The van der Waals surface area contributed by atoms with Gasteiger partial charge in [-0.25, -0.2) is 8.42 Å². The minimum absolute atomic E-state index is 0.0648. The highest BCUT2D eigenvalue weighted by molar-refractivity contribution is 7.90. The molecule has 1 heterocycles. The number of sulfonamides is 1. The summed E-state index contributed by atoms with van der Waals surface area (Å²) in [4.78, 5) is 15.8. The number of guanidine groups is 1. The Morgan fingerprint density at radius 2 is 1.69 bits per heavy atom. The van der Waals surface area contributed by atoms with Crippen LogP contribution in [-0.2, 0) is 14.8 Å². The van der Waals surface area contributed by atoms with Crippen LogP contribution in [0.2, 0.25) is 0 Å². The summed E-state index contributed by atoms with van der Waals surface area (Å²) in [7, 11) is -3.62. The predicted octanol–water partition coefficient (Wildman–Crippen LogP) is 1.02. The van der Waals surface area contributed by atoms with Gasteiger partial charge in [0.15, 0.2) is 5.96 Å². The Hall–Kier alpha value is -1.56. The summed E-state index contributed by atoms with van der Waals surface area (Å²) in [5, 5.41) is 9.16. The van der Waals surface area contributed by atoms with Gasteiger partial charge in [0.1, 0.15) is 0 Å². The highest BCUT2D eigenvalue weighted by atomic mass is 32.2. The molecular formula is C17H30F3N5O3S. The molecule has 1 aliphatic heterocycles. The molecule has 0 aromatic carbocycles. The van der Waals surface area contributed by atoms with Crippen LogP contribution in [0.3, 0.4) is 0 Å². The average molecular weight is 442 g/mol. The molecule has 1 aliphatic carbocycles. The number of nitrogens with zero attached hydrogens (tertiary/aromatic N) is 2. The maximum atomic E-state index is 12.6. The van der Waals surface area contributed by atoms with Crippen molar-refractivity contribution in [3.63, 3.8) is 0 Å². The van der Waals surface area contributed by atoms with Crippen LogP contribution < -0.4 is 16.0 Å². The lowest BCUT2D eigenvalue weighted by molar-refractivity contribution is -0.127. The lowest BCUT2D eigenvalue weighted by atomic mass is 9.85. The maximum Gasteiger partial charge on any atom is 0.511 e. The second kappa shape index (κ2) is 10.5. The van der Waals surface area contributed by atoms with Gasteiger partial charge < -0.3 is 16.0 Å². The molecule has 1 amide bonds. The molecule has 168 valence electrons. The van der Waals surface area contributed by atoms with Crippen LogP contribution in [0.25, 0.3) is 0 Å². The molecule has 2 fully saturated rings. The highest BCUT2D eigenvalue weighted by Gasteiger charge is 2.50. The van der Waals surface area contributed by atoms with E-state index in [1.54, 1.807) is 7.05 Å². The fraction of sp³-hybridized carbons (Fsp3) is 0.882. The lowest BCUT2D eigenvalue weighted by Gasteiger charge is -2.31. The number of piperidine rings is 1. The summed E-state index contributed by atoms with van der Waals surface area (Å²) in [6.45, 7) is 1.43. The fourth-order valence-corrected chi connectivity index (χ4v) is 4.27. The fourth-order valence-electron chi connectivity index (χ4n) is 3.28. The number of hydrogen-bond donors (Lipinski definition) is 3. The van der Waals surface area contributed by atoms with Crippen LogP contribution in [0.5, 0.6) is 0 Å². The molecule has 0 aromatic rings. The summed E-state index contributed by atoms with van der Waals surface area (Å²) in [5.74, 6) is 0.934. The van der Waals surface area contributed by atoms with Gasteiger partial charge in [-0.2, -0.15) is 17.5 Å². The number of nitrogens with one attached hydrogen (secondary N) is 3. The molecule has 12 heteroatoms. The molecule has 0 aromatic heterocycles. The molecule has 2 rings (SSSR count). The van der Waals surface area contributed by atoms with Crippen LogP contribution in [0.4, 0.5) is 13.2 Å². The average Bonchev–Trinajstić information content (AvgIpc) is 2.62. The zero-order chi connectivity index (χ0) is 21.5. The molecule has 0 atom stereocenters. The number of hydrogen-bond acceptors (Lipinski definition) is 4. The maximum absolute atomic E-state index is 12.6. The van der Waals surface area contributed by atoms with Crippen molar-refractivity contribution in [3.05, 3.63) is 0 Å². The largest absolute Gasteiger partial charge is 0.511 e. The highest BCUT2D eigenvalue weighted by Crippen LogP contribution is 2.30. The summed E-state index contributed by atoms with van der Waals surface area (Å²) in [6.07, 6.45) is 4.52. The molecule has 0 unspecified atom stereocenters. The first-order chi connectivity index (χ1) is 13.6. The Bertz CT molecular complexity index is 672. The number of rotatable bonds is 8. The zero-order valence-corrected chi connectivity index (χ0v) is 17.4. The van der Waals surface area contributed by atoms with E-state index in [9.17, 15) is 26.4 Å². The quantitative estimate of drug-likeness (QED) is 0.297. The number of amides is 1. The Morgan fingerprint density at radius 1 is 1.07 bits per heavy atom. The minimum atomic E-state index is -5.25. The van der Waals surface area contributed by atoms with Crippen molar-refractivity contribution in [3.8, 4) is 0 Å². The lowest BCUT2D eigenvalue weighted by Crippen LogP contribution is -2.47. The van der Waals surface area contributed by atoms with Gasteiger partial charge in [-0.15, -0.1) is 0 Å². The monoisotopic (exact) mass is 441 g/mol. The number of alkyl halides is 3. The SMILES string of the molecule is CN=C(NCCCNC(=O)C1CCC1)NCC1CCN(S(=O)(=O)C(F)(F)F)CC1. The first-order valence-corrected chi connectivity index (χ1v) is 11.4. The van der Waals surface area contributed by atoms with E-state index in [1.807, 2.05) is 0 Å². The number of aliphatic imine (C=N–C) groups is 1. The van der Waals surface area contributed by atoms with Gasteiger partial charge in [0.05, 0.1) is 0 Å². The van der Waals surface area contributed by atoms with Gasteiger partial charge in [0.25, 0.3) is 0 Å². The van der Waals surface area contributed by atoms with Crippen LogP contribution in [0, 0.1) is 11.8 Å². The molecule has 0 radical (unpaired) electrons. The third kappa shape index (κ3) is 6.73. The second-order valence-corrected chi connectivity index (χ2v) is 9.37. The minimum Gasteiger partial charge on any atom is -0.356 e. The van der Waals surface area contributed by atoms with E-state index in [-0.39, 0.29) is 30.8 Å². The molecule has 1 saturated carbocycles. The molecule has 1 saturated heterocycles. The van der Waals surface area contributed by atoms with Crippen LogP contribution >= 0.6 is 0 Å². The topological polar surface area (TPSA) is 103 Å². The first-order valence-electron chi connectivity index (χ1n) is 9.93. The van der Waals surface area contributed by atoms with Crippen LogP contribution in [-0.4, -0.2) is 69.9 Å². The van der Waals surface area contributed by atoms with E-state index in [0.717, 1.165) is 25.7 Å². The molecule has 0 spiro atoms. The van der Waals surface area contributed by atoms with Gasteiger partial charge in [0, 0.05) is 45.7 Å². The van der Waals surface area contributed by atoms with Crippen molar-refractivity contribution in [1.29, 1.82) is 0 Å². The number of carbonyl (C=O) groups excluding carboxylic acids is 1. The standard InChI is InChI=1S/C17H30F3N5O3S/c1-21-16(23-9-3-8-22-15(26)14-4-2-5-14)24-12-13-6-10-25(11-7-13)29(27,28)17(18,19)20/h13-14H,2-12H2,1H3,(H,22,26)(H2,21,23,24). The van der Waals surface area contributed by atoms with Crippen molar-refractivity contribution in [2.45, 2.75) is 44.0 Å². The molecule has 0 bridgehead atoms. The number of halogens is 3. The summed E-state index contributed by atoms with van der Waals surface area (Å²) in [6, 6.07) is 0. The van der Waals surface area contributed by atoms with E-state index in [0.29, 0.717) is 42.7 Å². The van der Waals surface area contributed by atoms with E-state index in [4.69, 9.17) is 0 Å². The second-order valence-electron chi connectivity index (χ2n) is 7.45. The van der Waals surface area contributed by atoms with Crippen LogP contribution in [0.1, 0.15) is 38.5 Å². The Balaban J connectivity index is 1.60. The smallest absolute Gasteiger partial charge is 0.356 e. The number of carbonyl (C=O) groups is 1. The Morgan fingerprint density at radius 3 is 2.21 bits per heavy atom. The van der Waals surface area contributed by atoms with Crippen LogP contribution in [0.15, 0.2) is 4.99 Å². The Kier molecular flexibility index (Phi) is 8.56. The van der Waals surface area contributed by atoms with Crippen molar-refractivity contribution < 1.29 is 26.4 Å². The summed E-state index contributed by atoms with van der Waals surface area (Å²) < 4.78 is 61.2. The summed E-state index contributed by atoms with van der Waals surface area (Å²) >= 11 is 0. The summed E-state index contributed by atoms with van der Waals surface area (Å²) in [5.41, 5.74) is -5.25. The van der Waals surface area contributed by atoms with Crippen molar-refractivity contribution in [1.82, 2.24) is 20.3 Å². The third-order valence-corrected chi connectivity index (χ3v) is 7.04. The molecule has 29 heavy (non-hydrogen) atoms. The van der Waals surface area contributed by atoms with Gasteiger partial charge in [-0.1, -0.05) is 6.42 Å². The van der Waals surface area contributed by atoms with E-state index < -0.39 is 15.5 Å². The first kappa shape index (κ1) is 23.7. The third-order valence-electron chi connectivity index (χ3n) is 5.41. The van der Waals surface area contributed by atoms with E-state index in [2.05, 4.69) is 20.9 Å². The predicted molar refractivity (Wildman–Crippen MR) is 104 cm³/mol. The Labute approximate surface area is 169 Å². The van der Waals surface area contributed by atoms with Gasteiger partial charge >= 0.3 is 15.5 Å². The molecule has 2 aliphatic rings. The van der Waals surface area contributed by atoms with Gasteiger partial charge in [-0.05, 0) is 38.0 Å². The normalized spacial score (nSPS) is 20.2. The van der Waals surface area contributed by atoms with E-state index >= 15 is 0 Å². The van der Waals surface area contributed by atoms with E-state index in [1.165, 1.54) is 0 Å². The zero-order valence-electron chi connectivity index (χ0n) is 16.6. The van der Waals surface area contributed by atoms with Gasteiger partial charge in [0.2, 0.25) is 5.91 Å². The van der Waals surface area contributed by atoms with Gasteiger partial charge in [-0.3, -0.25) is 9.79 Å². The van der Waals surface area contributed by atoms with Crippen molar-refractivity contribution in [2.75, 3.05) is 39.8 Å². The molecule has 8 nitrogen and oxygen atoms in total. The van der Waals surface area contributed by atoms with Crippen molar-refractivity contribution >= 4 is 21.9 Å².